The third kappa shape index (κ3) is 3.81. The number of hydrogen-bond acceptors (Lipinski definition) is 4. The Hall–Kier alpha value is -2.37. The van der Waals surface area contributed by atoms with Crippen LogP contribution in [0.15, 0.2) is 29.4 Å². The molecule has 6 heteroatoms. The Morgan fingerprint density at radius 2 is 2.00 bits per heavy atom. The van der Waals surface area contributed by atoms with Crippen molar-refractivity contribution in [2.45, 2.75) is 19.8 Å². The Kier molecular flexibility index (Phi) is 4.57. The number of carboxylic acids is 1. The van der Waals surface area contributed by atoms with Crippen molar-refractivity contribution in [2.24, 2.45) is 5.10 Å². The Balaban J connectivity index is 2.01. The Morgan fingerprint density at radius 3 is 2.52 bits per heavy atom. The fourth-order valence-corrected chi connectivity index (χ4v) is 2.12. The van der Waals surface area contributed by atoms with Crippen LogP contribution < -0.4 is 5.01 Å². The van der Waals surface area contributed by atoms with E-state index in [-0.39, 0.29) is 18.9 Å². The lowest BCUT2D eigenvalue weighted by molar-refractivity contribution is -0.137. The zero-order chi connectivity index (χ0) is 15.4. The molecule has 0 aliphatic carbocycles. The molecular formula is C15H19N3O3. The molecule has 6 nitrogen and oxygen atoms in total. The molecule has 1 aliphatic rings. The van der Waals surface area contributed by atoms with E-state index in [0.717, 1.165) is 24.4 Å². The minimum atomic E-state index is -0.910. The van der Waals surface area contributed by atoms with Crippen LogP contribution in [0.5, 0.6) is 0 Å². The van der Waals surface area contributed by atoms with Crippen LogP contribution in [-0.2, 0) is 4.79 Å². The van der Waals surface area contributed by atoms with Crippen LogP contribution in [0, 0.1) is 0 Å². The standard InChI is InChI=1S/C15H19N3O3/c1-11-7-10-18(16-11)13-5-3-12(4-6-13)15(21)17(2)9-8-14(19)20/h3-6H,7-10H2,1-2H3,(H,19,20). The fraction of sp³-hybridized carbons (Fsp3) is 0.400. The molecule has 1 amide bonds. The minimum absolute atomic E-state index is 0.0535. The van der Waals surface area contributed by atoms with Gasteiger partial charge < -0.3 is 10.0 Å². The lowest BCUT2D eigenvalue weighted by Gasteiger charge is -2.17. The lowest BCUT2D eigenvalue weighted by atomic mass is 10.1. The summed E-state index contributed by atoms with van der Waals surface area (Å²) in [5.74, 6) is -1.09. The highest BCUT2D eigenvalue weighted by molar-refractivity contribution is 5.94. The molecule has 0 radical (unpaired) electrons. The van der Waals surface area contributed by atoms with E-state index in [4.69, 9.17) is 5.11 Å². The third-order valence-electron chi connectivity index (χ3n) is 3.40. The number of rotatable bonds is 5. The number of carbonyl (C=O) groups excluding carboxylic acids is 1. The summed E-state index contributed by atoms with van der Waals surface area (Å²) >= 11 is 0. The number of benzene rings is 1. The number of hydrazone groups is 1. The highest BCUT2D eigenvalue weighted by Crippen LogP contribution is 2.20. The van der Waals surface area contributed by atoms with E-state index in [1.54, 1.807) is 19.2 Å². The Bertz CT molecular complexity index is 566. The van der Waals surface area contributed by atoms with Gasteiger partial charge in [-0.1, -0.05) is 0 Å². The third-order valence-corrected chi connectivity index (χ3v) is 3.40. The van der Waals surface area contributed by atoms with Gasteiger partial charge in [0.1, 0.15) is 0 Å². The van der Waals surface area contributed by atoms with Crippen LogP contribution in [0.3, 0.4) is 0 Å². The predicted molar refractivity (Wildman–Crippen MR) is 80.7 cm³/mol. The van der Waals surface area contributed by atoms with Gasteiger partial charge in [-0.15, -0.1) is 0 Å². The summed E-state index contributed by atoms with van der Waals surface area (Å²) in [5, 5.41) is 15.0. The molecule has 1 aromatic carbocycles. The number of carbonyl (C=O) groups is 2. The van der Waals surface area contributed by atoms with E-state index >= 15 is 0 Å². The second-order valence-corrected chi connectivity index (χ2v) is 5.13. The molecule has 21 heavy (non-hydrogen) atoms. The van der Waals surface area contributed by atoms with Gasteiger partial charge in [-0.3, -0.25) is 14.6 Å². The maximum absolute atomic E-state index is 12.1. The van der Waals surface area contributed by atoms with Crippen LogP contribution in [-0.4, -0.2) is 47.7 Å². The number of anilines is 1. The molecule has 1 aromatic rings. The molecule has 0 spiro atoms. The van der Waals surface area contributed by atoms with Crippen molar-refractivity contribution in [2.75, 3.05) is 25.1 Å². The maximum Gasteiger partial charge on any atom is 0.305 e. The van der Waals surface area contributed by atoms with Gasteiger partial charge in [0, 0.05) is 37.8 Å². The first kappa shape index (κ1) is 15.0. The molecule has 0 unspecified atom stereocenters. The van der Waals surface area contributed by atoms with Crippen LogP contribution in [0.25, 0.3) is 0 Å². The Labute approximate surface area is 123 Å². The highest BCUT2D eigenvalue weighted by atomic mass is 16.4. The minimum Gasteiger partial charge on any atom is -0.481 e. The number of nitrogens with zero attached hydrogens (tertiary/aromatic N) is 3. The number of aliphatic carboxylic acids is 1. The quantitative estimate of drug-likeness (QED) is 0.897. The molecule has 0 atom stereocenters. The normalized spacial score (nSPS) is 14.0. The van der Waals surface area contributed by atoms with Gasteiger partial charge in [-0.25, -0.2) is 0 Å². The summed E-state index contributed by atoms with van der Waals surface area (Å²) < 4.78 is 0. The number of hydrogen-bond donors (Lipinski definition) is 1. The molecule has 1 N–H and O–H groups in total. The topological polar surface area (TPSA) is 73.2 Å². The van der Waals surface area contributed by atoms with Gasteiger partial charge in [-0.2, -0.15) is 5.10 Å². The molecule has 0 fully saturated rings. The smallest absolute Gasteiger partial charge is 0.305 e. The van der Waals surface area contributed by atoms with Crippen molar-refractivity contribution in [3.8, 4) is 0 Å². The molecule has 1 heterocycles. The molecule has 0 saturated carbocycles. The summed E-state index contributed by atoms with van der Waals surface area (Å²) in [6.45, 7) is 3.05. The van der Waals surface area contributed by atoms with Crippen molar-refractivity contribution in [1.82, 2.24) is 4.90 Å². The molecular weight excluding hydrogens is 270 g/mol. The average molecular weight is 289 g/mol. The van der Waals surface area contributed by atoms with Crippen molar-refractivity contribution < 1.29 is 14.7 Å². The zero-order valence-electron chi connectivity index (χ0n) is 12.2. The molecule has 112 valence electrons. The summed E-state index contributed by atoms with van der Waals surface area (Å²) in [6.07, 6.45) is 0.903. The summed E-state index contributed by atoms with van der Waals surface area (Å²) in [6, 6.07) is 7.22. The van der Waals surface area contributed by atoms with E-state index in [0.29, 0.717) is 5.56 Å². The second kappa shape index (κ2) is 6.39. The largest absolute Gasteiger partial charge is 0.481 e. The fourth-order valence-electron chi connectivity index (χ4n) is 2.12. The molecule has 2 rings (SSSR count). The predicted octanol–water partition coefficient (Wildman–Crippen LogP) is 1.82. The molecule has 0 aromatic heterocycles. The van der Waals surface area contributed by atoms with Gasteiger partial charge in [0.05, 0.1) is 12.1 Å². The van der Waals surface area contributed by atoms with E-state index in [2.05, 4.69) is 5.10 Å². The van der Waals surface area contributed by atoms with Crippen LogP contribution in [0.1, 0.15) is 30.1 Å². The molecule has 1 aliphatic heterocycles. The van der Waals surface area contributed by atoms with Crippen molar-refractivity contribution in [3.05, 3.63) is 29.8 Å². The number of amides is 1. The monoisotopic (exact) mass is 289 g/mol. The van der Waals surface area contributed by atoms with Crippen LogP contribution in [0.4, 0.5) is 5.69 Å². The first-order chi connectivity index (χ1) is 9.97. The van der Waals surface area contributed by atoms with E-state index < -0.39 is 5.97 Å². The first-order valence-electron chi connectivity index (χ1n) is 6.86. The SMILES string of the molecule is CC1=NN(c2ccc(C(=O)N(C)CCC(=O)O)cc2)CC1. The number of carboxylic acid groups (broad SMARTS) is 1. The van der Waals surface area contributed by atoms with Crippen LogP contribution in [0.2, 0.25) is 0 Å². The van der Waals surface area contributed by atoms with Crippen molar-refractivity contribution >= 4 is 23.3 Å². The molecule has 0 saturated heterocycles. The van der Waals surface area contributed by atoms with Crippen LogP contribution >= 0.6 is 0 Å². The highest BCUT2D eigenvalue weighted by Gasteiger charge is 2.15. The Morgan fingerprint density at radius 1 is 1.33 bits per heavy atom. The zero-order valence-corrected chi connectivity index (χ0v) is 12.2. The van der Waals surface area contributed by atoms with E-state index in [1.165, 1.54) is 4.90 Å². The lowest BCUT2D eigenvalue weighted by Crippen LogP contribution is -2.29. The van der Waals surface area contributed by atoms with Gasteiger partial charge in [-0.05, 0) is 31.2 Å². The van der Waals surface area contributed by atoms with Crippen molar-refractivity contribution in [1.29, 1.82) is 0 Å². The van der Waals surface area contributed by atoms with Gasteiger partial charge in [0.2, 0.25) is 0 Å². The van der Waals surface area contributed by atoms with E-state index in [1.807, 2.05) is 24.1 Å². The van der Waals surface area contributed by atoms with Crippen molar-refractivity contribution in [3.63, 3.8) is 0 Å². The second-order valence-electron chi connectivity index (χ2n) is 5.13. The molecule has 0 bridgehead atoms. The van der Waals surface area contributed by atoms with Gasteiger partial charge >= 0.3 is 5.97 Å². The first-order valence-corrected chi connectivity index (χ1v) is 6.86. The average Bonchev–Trinajstić information content (AvgIpc) is 2.90. The maximum atomic E-state index is 12.1. The van der Waals surface area contributed by atoms with E-state index in [9.17, 15) is 9.59 Å². The van der Waals surface area contributed by atoms with Gasteiger partial charge in [0.25, 0.3) is 5.91 Å². The summed E-state index contributed by atoms with van der Waals surface area (Å²) in [5.41, 5.74) is 2.60. The summed E-state index contributed by atoms with van der Waals surface area (Å²) in [7, 11) is 1.60. The summed E-state index contributed by atoms with van der Waals surface area (Å²) in [4.78, 5) is 24.1. The van der Waals surface area contributed by atoms with Gasteiger partial charge in [0.15, 0.2) is 0 Å².